The number of ether oxygens (including phenoxy) is 1. The van der Waals surface area contributed by atoms with Crippen molar-refractivity contribution < 1.29 is 24.5 Å². The summed E-state index contributed by atoms with van der Waals surface area (Å²) in [7, 11) is 0. The van der Waals surface area contributed by atoms with Gasteiger partial charge in [-0.25, -0.2) is 0 Å². The van der Waals surface area contributed by atoms with Crippen LogP contribution in [0, 0.1) is 0 Å². The molecule has 0 aliphatic carbocycles. The van der Waals surface area contributed by atoms with Crippen molar-refractivity contribution in [2.24, 2.45) is 0 Å². The van der Waals surface area contributed by atoms with Crippen molar-refractivity contribution in [3.05, 3.63) is 12.2 Å². The molecule has 6 nitrogen and oxygen atoms in total. The number of nitrogens with one attached hydrogen (secondary N) is 1. The minimum Gasteiger partial charge on any atom is -0.466 e. The van der Waals surface area contributed by atoms with Crippen LogP contribution in [0.25, 0.3) is 0 Å². The van der Waals surface area contributed by atoms with E-state index in [9.17, 15) is 19.8 Å². The quantitative estimate of drug-likeness (QED) is 0.0321. The Bertz CT molecular complexity index is 1020. The van der Waals surface area contributed by atoms with E-state index < -0.39 is 12.1 Å². The first-order valence-electron chi connectivity index (χ1n) is 31.0. The number of amides is 1. The lowest BCUT2D eigenvalue weighted by Crippen LogP contribution is -2.45. The number of carbonyl (C=O) groups excluding carboxylic acids is 2. The molecule has 0 radical (unpaired) electrons. The molecule has 0 aromatic carbocycles. The Morgan fingerprint density at radius 1 is 0.397 bits per heavy atom. The van der Waals surface area contributed by atoms with Gasteiger partial charge >= 0.3 is 5.97 Å². The van der Waals surface area contributed by atoms with Crippen LogP contribution in [0.4, 0.5) is 0 Å². The topological polar surface area (TPSA) is 95.9 Å². The van der Waals surface area contributed by atoms with Crippen LogP contribution in [0.1, 0.15) is 348 Å². The number of rotatable bonds is 58. The van der Waals surface area contributed by atoms with E-state index >= 15 is 0 Å². The SMILES string of the molecule is CCCCCCCCCCCCC/C=C/C(O)C(CO)NC(=O)CCCCCCCCCCCCCCCCCCCCCCCCCCCCOC(=O)CCCCCCCCCCCCCC. The first-order chi connectivity index (χ1) is 33.5. The van der Waals surface area contributed by atoms with Crippen LogP contribution >= 0.6 is 0 Å². The van der Waals surface area contributed by atoms with Gasteiger partial charge in [0.15, 0.2) is 0 Å². The van der Waals surface area contributed by atoms with E-state index in [1.54, 1.807) is 6.08 Å². The molecule has 404 valence electrons. The standard InChI is InChI=1S/C62H121NO5/c1-3-5-7-9-11-13-15-31-34-38-42-46-50-54-60(65)59(58-64)63-61(66)55-51-47-43-39-35-32-29-27-25-23-21-19-17-18-20-22-24-26-28-30-33-37-41-45-49-53-57-68-62(67)56-52-48-44-40-36-16-14-12-10-8-6-4-2/h50,54,59-60,64-65H,3-49,51-53,55-58H2,1-2H3,(H,63,66)/b54-50+. The van der Waals surface area contributed by atoms with E-state index in [2.05, 4.69) is 19.2 Å². The van der Waals surface area contributed by atoms with E-state index in [1.165, 1.54) is 283 Å². The lowest BCUT2D eigenvalue weighted by Gasteiger charge is -2.20. The van der Waals surface area contributed by atoms with Crippen LogP contribution in [0.5, 0.6) is 0 Å². The van der Waals surface area contributed by atoms with Crippen LogP contribution in [-0.4, -0.2) is 47.4 Å². The van der Waals surface area contributed by atoms with Crippen LogP contribution in [0.2, 0.25) is 0 Å². The van der Waals surface area contributed by atoms with Crippen molar-refractivity contribution in [3.8, 4) is 0 Å². The molecule has 0 fully saturated rings. The summed E-state index contributed by atoms with van der Waals surface area (Å²) in [6, 6.07) is -0.624. The minimum atomic E-state index is -0.841. The third kappa shape index (κ3) is 53.9. The number of hydrogen-bond donors (Lipinski definition) is 3. The molecule has 2 atom stereocenters. The second-order valence-electron chi connectivity index (χ2n) is 21.4. The maximum Gasteiger partial charge on any atom is 0.305 e. The highest BCUT2D eigenvalue weighted by atomic mass is 16.5. The molecule has 0 aromatic heterocycles. The number of esters is 1. The fraction of sp³-hybridized carbons (Fsp3) is 0.935. The molecule has 0 saturated carbocycles. The zero-order valence-corrected chi connectivity index (χ0v) is 46.1. The van der Waals surface area contributed by atoms with Gasteiger partial charge in [-0.3, -0.25) is 9.59 Å². The lowest BCUT2D eigenvalue weighted by atomic mass is 10.0. The highest BCUT2D eigenvalue weighted by Crippen LogP contribution is 2.18. The molecule has 1 amide bonds. The second kappa shape index (κ2) is 58.2. The number of allylic oxidation sites excluding steroid dienone is 1. The largest absolute Gasteiger partial charge is 0.466 e. The Morgan fingerprint density at radius 3 is 1.00 bits per heavy atom. The molecule has 0 aliphatic heterocycles. The van der Waals surface area contributed by atoms with E-state index in [-0.39, 0.29) is 18.5 Å². The minimum absolute atomic E-state index is 0.0180. The summed E-state index contributed by atoms with van der Waals surface area (Å²) in [5, 5.41) is 23.1. The van der Waals surface area contributed by atoms with E-state index in [1.807, 2.05) is 6.08 Å². The summed E-state index contributed by atoms with van der Waals surface area (Å²) < 4.78 is 5.48. The van der Waals surface area contributed by atoms with Crippen LogP contribution < -0.4 is 5.32 Å². The molecule has 2 unspecified atom stereocenters. The van der Waals surface area contributed by atoms with Crippen molar-refractivity contribution in [1.29, 1.82) is 0 Å². The van der Waals surface area contributed by atoms with Crippen molar-refractivity contribution >= 4 is 11.9 Å². The summed E-state index contributed by atoms with van der Waals surface area (Å²) >= 11 is 0. The summed E-state index contributed by atoms with van der Waals surface area (Å²) in [5.41, 5.74) is 0. The van der Waals surface area contributed by atoms with Gasteiger partial charge in [0.2, 0.25) is 5.91 Å². The Balaban J connectivity index is 3.35. The summed E-state index contributed by atoms with van der Waals surface area (Å²) in [4.78, 5) is 24.5. The second-order valence-corrected chi connectivity index (χ2v) is 21.4. The molecule has 0 aromatic rings. The van der Waals surface area contributed by atoms with Crippen molar-refractivity contribution in [2.75, 3.05) is 13.2 Å². The van der Waals surface area contributed by atoms with E-state index in [0.717, 1.165) is 38.5 Å². The fourth-order valence-electron chi connectivity index (χ4n) is 9.81. The van der Waals surface area contributed by atoms with Gasteiger partial charge in [0.05, 0.1) is 25.4 Å². The zero-order valence-electron chi connectivity index (χ0n) is 46.1. The van der Waals surface area contributed by atoms with Crippen molar-refractivity contribution in [2.45, 2.75) is 360 Å². The molecule has 68 heavy (non-hydrogen) atoms. The maximum absolute atomic E-state index is 12.4. The molecule has 6 heteroatoms. The van der Waals surface area contributed by atoms with Crippen LogP contribution in [-0.2, 0) is 14.3 Å². The van der Waals surface area contributed by atoms with Gasteiger partial charge in [-0.05, 0) is 32.1 Å². The summed E-state index contributed by atoms with van der Waals surface area (Å²) in [5.74, 6) is -0.0464. The first kappa shape index (κ1) is 66.6. The monoisotopic (exact) mass is 960 g/mol. The third-order valence-electron chi connectivity index (χ3n) is 14.6. The van der Waals surface area contributed by atoms with Gasteiger partial charge in [-0.1, -0.05) is 315 Å². The normalized spacial score (nSPS) is 12.6. The Hall–Kier alpha value is -1.40. The van der Waals surface area contributed by atoms with Gasteiger partial charge in [-0.2, -0.15) is 0 Å². The maximum atomic E-state index is 12.4. The smallest absolute Gasteiger partial charge is 0.305 e. The number of aliphatic hydroxyl groups excluding tert-OH is 2. The summed E-state index contributed by atoms with van der Waals surface area (Å²) in [6.45, 7) is 4.92. The highest BCUT2D eigenvalue weighted by molar-refractivity contribution is 5.76. The van der Waals surface area contributed by atoms with Gasteiger partial charge < -0.3 is 20.3 Å². The van der Waals surface area contributed by atoms with Gasteiger partial charge in [0, 0.05) is 12.8 Å². The molecule has 3 N–H and O–H groups in total. The fourth-order valence-corrected chi connectivity index (χ4v) is 9.81. The summed E-state index contributed by atoms with van der Waals surface area (Å²) in [6.07, 6.45) is 69.7. The van der Waals surface area contributed by atoms with Crippen molar-refractivity contribution in [3.63, 3.8) is 0 Å². The van der Waals surface area contributed by atoms with Crippen LogP contribution in [0.15, 0.2) is 12.2 Å². The Morgan fingerprint density at radius 2 is 0.676 bits per heavy atom. The molecule has 0 rings (SSSR count). The number of carbonyl (C=O) groups is 2. The highest BCUT2D eigenvalue weighted by Gasteiger charge is 2.18. The first-order valence-corrected chi connectivity index (χ1v) is 31.0. The molecular formula is C62H121NO5. The number of hydrogen-bond acceptors (Lipinski definition) is 5. The zero-order chi connectivity index (χ0) is 49.3. The molecule has 0 aliphatic rings. The lowest BCUT2D eigenvalue weighted by molar-refractivity contribution is -0.143. The average Bonchev–Trinajstić information content (AvgIpc) is 3.34. The molecule has 0 saturated heterocycles. The van der Waals surface area contributed by atoms with Crippen molar-refractivity contribution in [1.82, 2.24) is 5.32 Å². The van der Waals surface area contributed by atoms with Gasteiger partial charge in [-0.15, -0.1) is 0 Å². The third-order valence-corrected chi connectivity index (χ3v) is 14.6. The Labute approximate surface area is 425 Å². The van der Waals surface area contributed by atoms with E-state index in [4.69, 9.17) is 4.74 Å². The molecule has 0 heterocycles. The van der Waals surface area contributed by atoms with Gasteiger partial charge in [0.25, 0.3) is 0 Å². The average molecular weight is 961 g/mol. The van der Waals surface area contributed by atoms with Crippen LogP contribution in [0.3, 0.4) is 0 Å². The Kier molecular flexibility index (Phi) is 57.0. The molecule has 0 bridgehead atoms. The predicted molar refractivity (Wildman–Crippen MR) is 297 cm³/mol. The predicted octanol–water partition coefficient (Wildman–Crippen LogP) is 19.2. The number of unbranched alkanes of at least 4 members (excludes halogenated alkanes) is 47. The molecular weight excluding hydrogens is 839 g/mol. The number of aliphatic hydroxyl groups is 2. The van der Waals surface area contributed by atoms with E-state index in [0.29, 0.717) is 19.4 Å². The van der Waals surface area contributed by atoms with Gasteiger partial charge in [0.1, 0.15) is 0 Å². The molecule has 0 spiro atoms.